The van der Waals surface area contributed by atoms with Crippen molar-refractivity contribution in [3.63, 3.8) is 0 Å². The summed E-state index contributed by atoms with van der Waals surface area (Å²) in [6, 6.07) is 8.13. The SMILES string of the molecule is CC(C)(C)c1ccccc1OCCNC(=O)CCC1CCNCC1.Cl. The number of halogens is 1. The van der Waals surface area contributed by atoms with E-state index in [9.17, 15) is 4.79 Å². The smallest absolute Gasteiger partial charge is 0.220 e. The van der Waals surface area contributed by atoms with Gasteiger partial charge in [0.15, 0.2) is 0 Å². The normalized spacial score (nSPS) is 15.3. The fraction of sp³-hybridized carbons (Fsp3) is 0.650. The molecule has 5 heteroatoms. The first kappa shape index (κ1) is 21.8. The molecule has 142 valence electrons. The van der Waals surface area contributed by atoms with Gasteiger partial charge in [-0.25, -0.2) is 0 Å². The molecule has 0 unspecified atom stereocenters. The van der Waals surface area contributed by atoms with Crippen LogP contribution < -0.4 is 15.4 Å². The Labute approximate surface area is 158 Å². The van der Waals surface area contributed by atoms with Crippen LogP contribution in [0.3, 0.4) is 0 Å². The van der Waals surface area contributed by atoms with E-state index in [2.05, 4.69) is 37.5 Å². The van der Waals surface area contributed by atoms with Crippen molar-refractivity contribution in [2.75, 3.05) is 26.2 Å². The van der Waals surface area contributed by atoms with Crippen molar-refractivity contribution in [3.05, 3.63) is 29.8 Å². The van der Waals surface area contributed by atoms with Crippen molar-refractivity contribution < 1.29 is 9.53 Å². The van der Waals surface area contributed by atoms with Gasteiger partial charge in [-0.05, 0) is 55.3 Å². The summed E-state index contributed by atoms with van der Waals surface area (Å²) >= 11 is 0. The third kappa shape index (κ3) is 7.66. The first-order chi connectivity index (χ1) is 11.5. The number of carbonyl (C=O) groups is 1. The summed E-state index contributed by atoms with van der Waals surface area (Å²) in [5, 5.41) is 6.33. The van der Waals surface area contributed by atoms with E-state index in [4.69, 9.17) is 4.74 Å². The van der Waals surface area contributed by atoms with Gasteiger partial charge in [0.25, 0.3) is 0 Å². The maximum atomic E-state index is 11.9. The molecular formula is C20H33ClN2O2. The van der Waals surface area contributed by atoms with Crippen molar-refractivity contribution in [1.82, 2.24) is 10.6 Å². The van der Waals surface area contributed by atoms with Crippen molar-refractivity contribution in [2.24, 2.45) is 5.92 Å². The third-order valence-electron chi connectivity index (χ3n) is 4.62. The highest BCUT2D eigenvalue weighted by Gasteiger charge is 2.18. The van der Waals surface area contributed by atoms with Crippen LogP contribution >= 0.6 is 12.4 Å². The second-order valence-electron chi connectivity index (χ2n) is 7.68. The Bertz CT molecular complexity index is 523. The number of carbonyl (C=O) groups excluding carboxylic acids is 1. The molecule has 0 atom stereocenters. The lowest BCUT2D eigenvalue weighted by Crippen LogP contribution is -2.31. The number of hydrogen-bond donors (Lipinski definition) is 2. The number of piperidine rings is 1. The van der Waals surface area contributed by atoms with E-state index in [0.717, 1.165) is 25.3 Å². The van der Waals surface area contributed by atoms with E-state index in [1.165, 1.54) is 18.4 Å². The summed E-state index contributed by atoms with van der Waals surface area (Å²) in [6.45, 7) is 9.78. The van der Waals surface area contributed by atoms with Gasteiger partial charge in [0, 0.05) is 6.42 Å². The first-order valence-corrected chi connectivity index (χ1v) is 9.16. The summed E-state index contributed by atoms with van der Waals surface area (Å²) in [6.07, 6.45) is 4.02. The van der Waals surface area contributed by atoms with Crippen LogP contribution in [0, 0.1) is 5.92 Å². The number of nitrogens with one attached hydrogen (secondary N) is 2. The predicted molar refractivity (Wildman–Crippen MR) is 106 cm³/mol. The molecule has 1 fully saturated rings. The Balaban J connectivity index is 0.00000312. The molecule has 1 aliphatic heterocycles. The van der Waals surface area contributed by atoms with Gasteiger partial charge in [-0.1, -0.05) is 39.0 Å². The minimum Gasteiger partial charge on any atom is -0.491 e. The summed E-state index contributed by atoms with van der Waals surface area (Å²) in [7, 11) is 0. The molecule has 0 aromatic heterocycles. The van der Waals surface area contributed by atoms with Crippen molar-refractivity contribution in [3.8, 4) is 5.75 Å². The molecule has 1 aromatic carbocycles. The maximum absolute atomic E-state index is 11.9. The average Bonchev–Trinajstić information content (AvgIpc) is 2.57. The van der Waals surface area contributed by atoms with Crippen LogP contribution in [-0.4, -0.2) is 32.1 Å². The highest BCUT2D eigenvalue weighted by Crippen LogP contribution is 2.30. The third-order valence-corrected chi connectivity index (χ3v) is 4.62. The minimum atomic E-state index is 0. The molecule has 1 heterocycles. The Hall–Kier alpha value is -1.26. The molecular weight excluding hydrogens is 336 g/mol. The highest BCUT2D eigenvalue weighted by atomic mass is 35.5. The molecule has 1 aliphatic rings. The molecule has 0 radical (unpaired) electrons. The van der Waals surface area contributed by atoms with Crippen molar-refractivity contribution in [1.29, 1.82) is 0 Å². The van der Waals surface area contributed by atoms with Crippen LogP contribution in [0.2, 0.25) is 0 Å². The Morgan fingerprint density at radius 3 is 2.60 bits per heavy atom. The molecule has 1 amide bonds. The van der Waals surface area contributed by atoms with Gasteiger partial charge in [0.2, 0.25) is 5.91 Å². The van der Waals surface area contributed by atoms with Crippen molar-refractivity contribution >= 4 is 18.3 Å². The fourth-order valence-electron chi connectivity index (χ4n) is 3.16. The van der Waals surface area contributed by atoms with Gasteiger partial charge in [-0.3, -0.25) is 4.79 Å². The molecule has 25 heavy (non-hydrogen) atoms. The zero-order valence-electron chi connectivity index (χ0n) is 15.8. The first-order valence-electron chi connectivity index (χ1n) is 9.16. The number of benzene rings is 1. The van der Waals surface area contributed by atoms with E-state index in [0.29, 0.717) is 25.5 Å². The number of amides is 1. The second-order valence-corrected chi connectivity index (χ2v) is 7.68. The van der Waals surface area contributed by atoms with Crippen LogP contribution in [-0.2, 0) is 10.2 Å². The predicted octanol–water partition coefficient (Wildman–Crippen LogP) is 3.68. The lowest BCUT2D eigenvalue weighted by Gasteiger charge is -2.23. The van der Waals surface area contributed by atoms with E-state index in [-0.39, 0.29) is 23.7 Å². The largest absolute Gasteiger partial charge is 0.491 e. The number of rotatable bonds is 7. The average molecular weight is 369 g/mol. The molecule has 0 saturated carbocycles. The molecule has 0 aliphatic carbocycles. The molecule has 2 N–H and O–H groups in total. The number of ether oxygens (including phenoxy) is 1. The van der Waals surface area contributed by atoms with E-state index >= 15 is 0 Å². The quantitative estimate of drug-likeness (QED) is 0.722. The Morgan fingerprint density at radius 1 is 1.24 bits per heavy atom. The maximum Gasteiger partial charge on any atom is 0.220 e. The number of hydrogen-bond acceptors (Lipinski definition) is 3. The Kier molecular flexibility index (Phi) is 9.30. The van der Waals surface area contributed by atoms with Gasteiger partial charge in [-0.2, -0.15) is 0 Å². The molecule has 0 spiro atoms. The summed E-state index contributed by atoms with van der Waals surface area (Å²) in [5.41, 5.74) is 1.25. The summed E-state index contributed by atoms with van der Waals surface area (Å²) < 4.78 is 5.89. The molecule has 4 nitrogen and oxygen atoms in total. The molecule has 0 bridgehead atoms. The number of para-hydroxylation sites is 1. The molecule has 1 aromatic rings. The monoisotopic (exact) mass is 368 g/mol. The van der Waals surface area contributed by atoms with E-state index in [1.807, 2.05) is 18.2 Å². The van der Waals surface area contributed by atoms with Gasteiger partial charge in [0.1, 0.15) is 12.4 Å². The van der Waals surface area contributed by atoms with E-state index in [1.54, 1.807) is 0 Å². The standard InChI is InChI=1S/C20H32N2O2.ClH/c1-20(2,3)17-6-4-5-7-18(17)24-15-14-22-19(23)9-8-16-10-12-21-13-11-16;/h4-7,16,21H,8-15H2,1-3H3,(H,22,23);1H. The topological polar surface area (TPSA) is 50.4 Å². The van der Waals surface area contributed by atoms with Crippen LogP contribution in [0.4, 0.5) is 0 Å². The highest BCUT2D eigenvalue weighted by molar-refractivity contribution is 5.85. The van der Waals surface area contributed by atoms with Gasteiger partial charge in [-0.15, -0.1) is 12.4 Å². The lowest BCUT2D eigenvalue weighted by molar-refractivity contribution is -0.121. The fourth-order valence-corrected chi connectivity index (χ4v) is 3.16. The van der Waals surface area contributed by atoms with Crippen molar-refractivity contribution in [2.45, 2.75) is 51.9 Å². The summed E-state index contributed by atoms with van der Waals surface area (Å²) in [4.78, 5) is 11.9. The zero-order valence-corrected chi connectivity index (χ0v) is 16.6. The minimum absolute atomic E-state index is 0. The van der Waals surface area contributed by atoms with Crippen LogP contribution in [0.5, 0.6) is 5.75 Å². The molecule has 2 rings (SSSR count). The lowest BCUT2D eigenvalue weighted by atomic mass is 9.86. The van der Waals surface area contributed by atoms with Gasteiger partial charge >= 0.3 is 0 Å². The van der Waals surface area contributed by atoms with Crippen LogP contribution in [0.1, 0.15) is 52.0 Å². The van der Waals surface area contributed by atoms with Crippen LogP contribution in [0.15, 0.2) is 24.3 Å². The summed E-state index contributed by atoms with van der Waals surface area (Å²) in [5.74, 6) is 1.75. The second kappa shape index (κ2) is 10.7. The van der Waals surface area contributed by atoms with Gasteiger partial charge in [0.05, 0.1) is 6.54 Å². The zero-order chi connectivity index (χ0) is 17.4. The van der Waals surface area contributed by atoms with Crippen LogP contribution in [0.25, 0.3) is 0 Å². The molecule has 1 saturated heterocycles. The van der Waals surface area contributed by atoms with Gasteiger partial charge < -0.3 is 15.4 Å². The van der Waals surface area contributed by atoms with E-state index < -0.39 is 0 Å². The Morgan fingerprint density at radius 2 is 1.92 bits per heavy atom.